The van der Waals surface area contributed by atoms with Crippen LogP contribution in [0, 0.1) is 5.92 Å². The summed E-state index contributed by atoms with van der Waals surface area (Å²) >= 11 is 1.52. The molecule has 6 heteroatoms. The molecular formula is C12H15N3O2S. The fraction of sp³-hybridized carbons (Fsp3) is 0.500. The topological polar surface area (TPSA) is 57.8 Å². The highest BCUT2D eigenvalue weighted by Crippen LogP contribution is 2.29. The van der Waals surface area contributed by atoms with Gasteiger partial charge in [0.05, 0.1) is 6.10 Å². The quantitative estimate of drug-likeness (QED) is 0.853. The zero-order valence-corrected chi connectivity index (χ0v) is 10.9. The van der Waals surface area contributed by atoms with E-state index in [2.05, 4.69) is 9.88 Å². The molecule has 0 saturated carbocycles. The number of rotatable bonds is 3. The highest BCUT2D eigenvalue weighted by atomic mass is 32.1. The molecule has 0 amide bonds. The van der Waals surface area contributed by atoms with E-state index in [1.807, 2.05) is 22.9 Å². The average molecular weight is 265 g/mol. The lowest BCUT2D eigenvalue weighted by Crippen LogP contribution is -2.25. The number of imidazole rings is 1. The third kappa shape index (κ3) is 1.72. The van der Waals surface area contributed by atoms with E-state index in [4.69, 9.17) is 0 Å². The number of aliphatic hydroxyl groups excluding tert-OH is 1. The van der Waals surface area contributed by atoms with Gasteiger partial charge in [0, 0.05) is 30.6 Å². The van der Waals surface area contributed by atoms with Crippen LogP contribution >= 0.6 is 11.3 Å². The number of aromatic nitrogens is 2. The largest absolute Gasteiger partial charge is 0.393 e. The van der Waals surface area contributed by atoms with Crippen molar-refractivity contribution in [2.75, 3.05) is 18.0 Å². The Balaban J connectivity index is 1.95. The van der Waals surface area contributed by atoms with Crippen LogP contribution in [0.1, 0.15) is 23.8 Å². The third-order valence-corrected chi connectivity index (χ3v) is 4.35. The molecule has 2 aromatic rings. The fourth-order valence-corrected chi connectivity index (χ4v) is 3.22. The minimum absolute atomic E-state index is 0.268. The Labute approximate surface area is 109 Å². The first-order chi connectivity index (χ1) is 8.70. The lowest BCUT2D eigenvalue weighted by atomic mass is 10.0. The monoisotopic (exact) mass is 265 g/mol. The van der Waals surface area contributed by atoms with Gasteiger partial charge in [-0.15, -0.1) is 11.3 Å². The van der Waals surface area contributed by atoms with Gasteiger partial charge >= 0.3 is 0 Å². The van der Waals surface area contributed by atoms with Gasteiger partial charge in [0.2, 0.25) is 0 Å². The van der Waals surface area contributed by atoms with Crippen LogP contribution in [-0.4, -0.2) is 40.0 Å². The van der Waals surface area contributed by atoms with Crippen LogP contribution in [0.5, 0.6) is 0 Å². The first-order valence-electron chi connectivity index (χ1n) is 6.04. The number of hydrogen-bond acceptors (Lipinski definition) is 5. The molecule has 0 bridgehead atoms. The molecule has 1 aliphatic heterocycles. The van der Waals surface area contributed by atoms with Gasteiger partial charge in [-0.3, -0.25) is 9.20 Å². The number of fused-ring (bicyclic) bond motifs is 1. The number of nitrogens with zero attached hydrogens (tertiary/aromatic N) is 3. The summed E-state index contributed by atoms with van der Waals surface area (Å²) in [5.41, 5.74) is 0.609. The molecule has 1 fully saturated rings. The van der Waals surface area contributed by atoms with E-state index in [-0.39, 0.29) is 12.0 Å². The molecule has 0 aliphatic carbocycles. The van der Waals surface area contributed by atoms with Gasteiger partial charge < -0.3 is 10.0 Å². The van der Waals surface area contributed by atoms with Crippen molar-refractivity contribution in [1.82, 2.24) is 9.38 Å². The predicted molar refractivity (Wildman–Crippen MR) is 70.5 cm³/mol. The maximum atomic E-state index is 11.2. The Morgan fingerprint density at radius 2 is 2.50 bits per heavy atom. The number of anilines is 1. The van der Waals surface area contributed by atoms with Gasteiger partial charge in [0.15, 0.2) is 17.1 Å². The van der Waals surface area contributed by atoms with Crippen molar-refractivity contribution in [3.05, 3.63) is 17.3 Å². The first-order valence-corrected chi connectivity index (χ1v) is 6.92. The fourth-order valence-electron chi connectivity index (χ4n) is 2.51. The molecular weight excluding hydrogens is 250 g/mol. The van der Waals surface area contributed by atoms with Crippen molar-refractivity contribution in [3.8, 4) is 0 Å². The Hall–Kier alpha value is -1.40. The molecule has 2 atom stereocenters. The second-order valence-electron chi connectivity index (χ2n) is 4.73. The summed E-state index contributed by atoms with van der Waals surface area (Å²) in [6.45, 7) is 3.44. The molecule has 3 heterocycles. The first kappa shape index (κ1) is 11.7. The summed E-state index contributed by atoms with van der Waals surface area (Å²) in [4.78, 5) is 18.7. The summed E-state index contributed by atoms with van der Waals surface area (Å²) in [5, 5.41) is 11.5. The maximum Gasteiger partial charge on any atom is 0.196 e. The van der Waals surface area contributed by atoms with Gasteiger partial charge in [-0.05, 0) is 13.3 Å². The second kappa shape index (κ2) is 4.37. The van der Waals surface area contributed by atoms with Crippen molar-refractivity contribution in [2.24, 2.45) is 5.92 Å². The standard InChI is InChI=1S/C12H15N3O2S/c1-8(17)9-2-3-14(6-9)11-10(7-16)15-4-5-18-12(15)13-11/h4-5,7-9,17H,2-3,6H2,1H3. The van der Waals surface area contributed by atoms with Gasteiger partial charge in [-0.2, -0.15) is 0 Å². The van der Waals surface area contributed by atoms with Crippen molar-refractivity contribution in [2.45, 2.75) is 19.4 Å². The van der Waals surface area contributed by atoms with Crippen LogP contribution in [0.2, 0.25) is 0 Å². The van der Waals surface area contributed by atoms with Gasteiger partial charge in [0.1, 0.15) is 5.69 Å². The van der Waals surface area contributed by atoms with Gasteiger partial charge in [0.25, 0.3) is 0 Å². The summed E-state index contributed by atoms with van der Waals surface area (Å²) in [5.74, 6) is 1.02. The molecule has 1 saturated heterocycles. The van der Waals surface area contributed by atoms with E-state index >= 15 is 0 Å². The van der Waals surface area contributed by atoms with E-state index in [0.29, 0.717) is 5.69 Å². The zero-order valence-electron chi connectivity index (χ0n) is 10.1. The molecule has 5 nitrogen and oxygen atoms in total. The van der Waals surface area contributed by atoms with Crippen LogP contribution in [0.25, 0.3) is 4.96 Å². The number of thiazole rings is 1. The molecule has 3 rings (SSSR count). The number of carbonyl (C=O) groups is 1. The maximum absolute atomic E-state index is 11.2. The van der Waals surface area contributed by atoms with Crippen molar-refractivity contribution >= 4 is 28.4 Å². The Morgan fingerprint density at radius 3 is 3.17 bits per heavy atom. The molecule has 0 radical (unpaired) electrons. The molecule has 0 aromatic carbocycles. The lowest BCUT2D eigenvalue weighted by Gasteiger charge is -2.17. The molecule has 18 heavy (non-hydrogen) atoms. The molecule has 2 aromatic heterocycles. The molecule has 96 valence electrons. The van der Waals surface area contributed by atoms with E-state index in [0.717, 1.165) is 36.6 Å². The van der Waals surface area contributed by atoms with Crippen LogP contribution < -0.4 is 4.90 Å². The number of aldehydes is 1. The summed E-state index contributed by atoms with van der Waals surface area (Å²) in [6, 6.07) is 0. The minimum atomic E-state index is -0.307. The molecule has 0 spiro atoms. The van der Waals surface area contributed by atoms with Crippen molar-refractivity contribution in [3.63, 3.8) is 0 Å². The highest BCUT2D eigenvalue weighted by molar-refractivity contribution is 7.15. The number of hydrogen-bond donors (Lipinski definition) is 1. The predicted octanol–water partition coefficient (Wildman–Crippen LogP) is 1.42. The van der Waals surface area contributed by atoms with Crippen LogP contribution in [-0.2, 0) is 0 Å². The second-order valence-corrected chi connectivity index (χ2v) is 5.60. The van der Waals surface area contributed by atoms with Crippen LogP contribution in [0.3, 0.4) is 0 Å². The number of aliphatic hydroxyl groups is 1. The SMILES string of the molecule is CC(O)C1CCN(c2nc3sccn3c2C=O)C1. The van der Waals surface area contributed by atoms with Gasteiger partial charge in [-0.1, -0.05) is 0 Å². The van der Waals surface area contributed by atoms with E-state index < -0.39 is 0 Å². The average Bonchev–Trinajstić information content (AvgIpc) is 3.02. The minimum Gasteiger partial charge on any atom is -0.393 e. The van der Waals surface area contributed by atoms with E-state index in [9.17, 15) is 9.90 Å². The van der Waals surface area contributed by atoms with E-state index in [1.54, 1.807) is 0 Å². The lowest BCUT2D eigenvalue weighted by molar-refractivity contribution is 0.111. The number of carbonyl (C=O) groups excluding carboxylic acids is 1. The third-order valence-electron chi connectivity index (χ3n) is 3.60. The molecule has 1 aliphatic rings. The summed E-state index contributed by atoms with van der Waals surface area (Å²) in [7, 11) is 0. The van der Waals surface area contributed by atoms with Gasteiger partial charge in [-0.25, -0.2) is 4.98 Å². The highest BCUT2D eigenvalue weighted by Gasteiger charge is 2.29. The van der Waals surface area contributed by atoms with Crippen LogP contribution in [0.4, 0.5) is 5.82 Å². The Bertz CT molecular complexity index is 575. The molecule has 2 unspecified atom stereocenters. The summed E-state index contributed by atoms with van der Waals surface area (Å²) < 4.78 is 1.82. The smallest absolute Gasteiger partial charge is 0.196 e. The normalized spacial score (nSPS) is 21.7. The zero-order chi connectivity index (χ0) is 12.7. The van der Waals surface area contributed by atoms with Crippen LogP contribution in [0.15, 0.2) is 11.6 Å². The van der Waals surface area contributed by atoms with Crippen molar-refractivity contribution in [1.29, 1.82) is 0 Å². The Kier molecular flexibility index (Phi) is 2.83. The van der Waals surface area contributed by atoms with Crippen molar-refractivity contribution < 1.29 is 9.90 Å². The Morgan fingerprint density at radius 1 is 1.67 bits per heavy atom. The summed E-state index contributed by atoms with van der Waals surface area (Å²) in [6.07, 6.45) is 3.36. The molecule has 1 N–H and O–H groups in total. The van der Waals surface area contributed by atoms with E-state index in [1.165, 1.54) is 11.3 Å².